The highest BCUT2D eigenvalue weighted by Gasteiger charge is 2.35. The molecule has 190 valence electrons. The lowest BCUT2D eigenvalue weighted by Gasteiger charge is -2.26. The number of anilines is 1. The standard InChI is InChI=1S/C30H30FN3O3/c31-23-10-13-25-26(18-23)33-30(37)28(25)29(22-6-4-5-20(17-22)9-14-27(35)36)32-24-11-7-21(8-12-24)19-34-15-2-1-3-16-34/h4-8,10-13,17-18,28H,1-3,9,14-16,19H2,(H,33,37)(H,35,36). The Morgan fingerprint density at radius 2 is 1.78 bits per heavy atom. The number of nitrogens with zero attached hydrogens (tertiary/aromatic N) is 2. The molecule has 6 nitrogen and oxygen atoms in total. The summed E-state index contributed by atoms with van der Waals surface area (Å²) in [6, 6.07) is 19.9. The molecule has 0 spiro atoms. The molecule has 7 heteroatoms. The quantitative estimate of drug-likeness (QED) is 0.391. The maximum Gasteiger partial charge on any atom is 0.303 e. The van der Waals surface area contributed by atoms with Crippen molar-refractivity contribution in [3.8, 4) is 0 Å². The lowest BCUT2D eigenvalue weighted by molar-refractivity contribution is -0.137. The molecule has 2 aliphatic rings. The summed E-state index contributed by atoms with van der Waals surface area (Å²) in [5, 5.41) is 11.9. The summed E-state index contributed by atoms with van der Waals surface area (Å²) in [6.45, 7) is 3.16. The topological polar surface area (TPSA) is 82.0 Å². The second-order valence-electron chi connectivity index (χ2n) is 9.75. The molecule has 2 heterocycles. The first-order chi connectivity index (χ1) is 18.0. The molecule has 1 unspecified atom stereocenters. The van der Waals surface area contributed by atoms with Crippen LogP contribution in [0.15, 0.2) is 71.7 Å². The van der Waals surface area contributed by atoms with Crippen LogP contribution >= 0.6 is 0 Å². The van der Waals surface area contributed by atoms with Crippen LogP contribution in [0.25, 0.3) is 0 Å². The van der Waals surface area contributed by atoms with E-state index in [1.165, 1.54) is 37.0 Å². The van der Waals surface area contributed by atoms with Gasteiger partial charge in [0.05, 0.1) is 11.4 Å². The number of carboxylic acid groups (broad SMARTS) is 1. The van der Waals surface area contributed by atoms with Gasteiger partial charge in [-0.25, -0.2) is 4.39 Å². The summed E-state index contributed by atoms with van der Waals surface area (Å²) in [7, 11) is 0. The predicted molar refractivity (Wildman–Crippen MR) is 142 cm³/mol. The molecular formula is C30H30FN3O3. The fourth-order valence-electron chi connectivity index (χ4n) is 5.13. The lowest BCUT2D eigenvalue weighted by atomic mass is 9.89. The van der Waals surface area contributed by atoms with Crippen LogP contribution in [-0.4, -0.2) is 40.7 Å². The van der Waals surface area contributed by atoms with Crippen LogP contribution in [0.5, 0.6) is 0 Å². The summed E-state index contributed by atoms with van der Waals surface area (Å²) >= 11 is 0. The van der Waals surface area contributed by atoms with E-state index < -0.39 is 17.7 Å². The van der Waals surface area contributed by atoms with E-state index in [4.69, 9.17) is 10.1 Å². The number of piperidine rings is 1. The normalized spacial score (nSPS) is 17.9. The molecule has 1 fully saturated rings. The summed E-state index contributed by atoms with van der Waals surface area (Å²) in [5.74, 6) is -2.26. The third-order valence-corrected chi connectivity index (χ3v) is 7.01. The minimum Gasteiger partial charge on any atom is -0.481 e. The molecule has 3 aromatic carbocycles. The van der Waals surface area contributed by atoms with Gasteiger partial charge in [0.15, 0.2) is 0 Å². The number of benzene rings is 3. The van der Waals surface area contributed by atoms with Gasteiger partial charge in [-0.3, -0.25) is 19.5 Å². The Hall–Kier alpha value is -3.84. The van der Waals surface area contributed by atoms with Crippen molar-refractivity contribution in [2.45, 2.75) is 44.6 Å². The average Bonchev–Trinajstić information content (AvgIpc) is 3.22. The number of aliphatic carboxylic acids is 1. The van der Waals surface area contributed by atoms with Crippen molar-refractivity contribution >= 4 is 29.0 Å². The summed E-state index contributed by atoms with van der Waals surface area (Å²) < 4.78 is 13.9. The van der Waals surface area contributed by atoms with Gasteiger partial charge in [0, 0.05) is 18.7 Å². The number of hydrogen-bond acceptors (Lipinski definition) is 4. The highest BCUT2D eigenvalue weighted by molar-refractivity contribution is 6.24. The average molecular weight is 500 g/mol. The molecule has 1 amide bonds. The number of likely N-dealkylation sites (tertiary alicyclic amines) is 1. The van der Waals surface area contributed by atoms with Gasteiger partial charge in [0.25, 0.3) is 0 Å². The number of aliphatic imine (C=N–C) groups is 1. The van der Waals surface area contributed by atoms with E-state index in [9.17, 15) is 14.0 Å². The van der Waals surface area contributed by atoms with E-state index in [1.807, 2.05) is 36.4 Å². The summed E-state index contributed by atoms with van der Waals surface area (Å²) in [5.41, 5.74) is 5.18. The number of carboxylic acids is 1. The first kappa shape index (κ1) is 24.8. The summed E-state index contributed by atoms with van der Waals surface area (Å²) in [6.07, 6.45) is 4.17. The zero-order valence-electron chi connectivity index (χ0n) is 20.6. The van der Waals surface area contributed by atoms with Crippen LogP contribution in [0.4, 0.5) is 15.8 Å². The number of fused-ring (bicyclic) bond motifs is 1. The minimum atomic E-state index is -0.866. The van der Waals surface area contributed by atoms with E-state index >= 15 is 0 Å². The maximum atomic E-state index is 13.9. The number of halogens is 1. The van der Waals surface area contributed by atoms with Crippen molar-refractivity contribution in [1.82, 2.24) is 4.90 Å². The number of amides is 1. The van der Waals surface area contributed by atoms with Crippen LogP contribution in [0.1, 0.15) is 53.9 Å². The number of rotatable bonds is 8. The van der Waals surface area contributed by atoms with Crippen molar-refractivity contribution < 1.29 is 19.1 Å². The van der Waals surface area contributed by atoms with Crippen LogP contribution in [0.3, 0.4) is 0 Å². The number of aryl methyl sites for hydroxylation is 1. The van der Waals surface area contributed by atoms with Crippen LogP contribution in [0.2, 0.25) is 0 Å². The zero-order chi connectivity index (χ0) is 25.8. The second-order valence-corrected chi connectivity index (χ2v) is 9.75. The van der Waals surface area contributed by atoms with Crippen LogP contribution in [-0.2, 0) is 22.6 Å². The highest BCUT2D eigenvalue weighted by Crippen LogP contribution is 2.37. The van der Waals surface area contributed by atoms with E-state index in [0.717, 1.165) is 36.4 Å². The third kappa shape index (κ3) is 5.94. The van der Waals surface area contributed by atoms with Gasteiger partial charge in [-0.15, -0.1) is 0 Å². The van der Waals surface area contributed by atoms with Gasteiger partial charge < -0.3 is 10.4 Å². The van der Waals surface area contributed by atoms with E-state index in [0.29, 0.717) is 23.4 Å². The number of nitrogens with one attached hydrogen (secondary N) is 1. The molecular weight excluding hydrogens is 469 g/mol. The molecule has 0 aromatic heterocycles. The summed E-state index contributed by atoms with van der Waals surface area (Å²) in [4.78, 5) is 31.6. The van der Waals surface area contributed by atoms with Crippen LogP contribution in [0, 0.1) is 5.82 Å². The molecule has 0 bridgehead atoms. The Morgan fingerprint density at radius 3 is 2.54 bits per heavy atom. The van der Waals surface area contributed by atoms with Crippen molar-refractivity contribution in [2.24, 2.45) is 4.99 Å². The molecule has 2 aliphatic heterocycles. The Bertz CT molecular complexity index is 1330. The molecule has 2 N–H and O–H groups in total. The van der Waals surface area contributed by atoms with Gasteiger partial charge >= 0.3 is 5.97 Å². The van der Waals surface area contributed by atoms with E-state index in [2.05, 4.69) is 22.3 Å². The first-order valence-corrected chi connectivity index (χ1v) is 12.8. The Kier molecular flexibility index (Phi) is 7.42. The zero-order valence-corrected chi connectivity index (χ0v) is 20.6. The third-order valence-electron chi connectivity index (χ3n) is 7.01. The fraction of sp³-hybridized carbons (Fsp3) is 0.300. The molecule has 0 radical (unpaired) electrons. The van der Waals surface area contributed by atoms with Gasteiger partial charge in [0.2, 0.25) is 5.91 Å². The number of carbonyl (C=O) groups is 2. The van der Waals surface area contributed by atoms with Gasteiger partial charge in [-0.2, -0.15) is 0 Å². The number of carbonyl (C=O) groups excluding carboxylic acids is 1. The van der Waals surface area contributed by atoms with Gasteiger partial charge in [-0.1, -0.05) is 42.8 Å². The minimum absolute atomic E-state index is 0.0143. The first-order valence-electron chi connectivity index (χ1n) is 12.8. The maximum absolute atomic E-state index is 13.9. The van der Waals surface area contributed by atoms with Crippen molar-refractivity contribution in [2.75, 3.05) is 18.4 Å². The van der Waals surface area contributed by atoms with Gasteiger partial charge in [0.1, 0.15) is 11.7 Å². The highest BCUT2D eigenvalue weighted by atomic mass is 19.1. The molecule has 5 rings (SSSR count). The van der Waals surface area contributed by atoms with Crippen molar-refractivity contribution in [3.63, 3.8) is 0 Å². The SMILES string of the molecule is O=C(O)CCc1cccc(C(=Nc2ccc(CN3CCCCC3)cc2)C2C(=O)Nc3cc(F)ccc32)c1. The second kappa shape index (κ2) is 11.0. The van der Waals surface area contributed by atoms with E-state index in [1.54, 1.807) is 6.07 Å². The molecule has 1 saturated heterocycles. The molecule has 3 aromatic rings. The Balaban J connectivity index is 1.50. The molecule has 0 saturated carbocycles. The number of hydrogen-bond donors (Lipinski definition) is 2. The Labute approximate surface area is 215 Å². The van der Waals surface area contributed by atoms with E-state index in [-0.39, 0.29) is 12.3 Å². The monoisotopic (exact) mass is 499 g/mol. The molecule has 0 aliphatic carbocycles. The molecule has 37 heavy (non-hydrogen) atoms. The lowest BCUT2D eigenvalue weighted by Crippen LogP contribution is -2.28. The largest absolute Gasteiger partial charge is 0.481 e. The van der Waals surface area contributed by atoms with Crippen molar-refractivity contribution in [3.05, 3.63) is 94.8 Å². The smallest absolute Gasteiger partial charge is 0.303 e. The van der Waals surface area contributed by atoms with Gasteiger partial charge in [-0.05, 0) is 84.9 Å². The van der Waals surface area contributed by atoms with Crippen molar-refractivity contribution in [1.29, 1.82) is 0 Å². The fourth-order valence-corrected chi connectivity index (χ4v) is 5.13. The van der Waals surface area contributed by atoms with Crippen LogP contribution < -0.4 is 5.32 Å². The molecule has 1 atom stereocenters. The predicted octanol–water partition coefficient (Wildman–Crippen LogP) is 5.69. The Morgan fingerprint density at radius 1 is 1.00 bits per heavy atom.